The number of nitrogens with one attached hydrogen (secondary N) is 1. The molecule has 0 radical (unpaired) electrons. The van der Waals surface area contributed by atoms with Crippen molar-refractivity contribution in [1.29, 1.82) is 5.26 Å². The normalized spacial score (nSPS) is 23.1. The molecular weight excluding hydrogens is 239 g/mol. The second-order valence-corrected chi connectivity index (χ2v) is 5.78. The summed E-state index contributed by atoms with van der Waals surface area (Å²) < 4.78 is 13.4. The van der Waals surface area contributed by atoms with Gasteiger partial charge in [0, 0.05) is 11.7 Å². The van der Waals surface area contributed by atoms with Crippen LogP contribution in [0.25, 0.3) is 0 Å². The summed E-state index contributed by atoms with van der Waals surface area (Å²) in [5, 5.41) is 12.3. The summed E-state index contributed by atoms with van der Waals surface area (Å²) in [7, 11) is 0. The first-order valence-corrected chi connectivity index (χ1v) is 7.07. The lowest BCUT2D eigenvalue weighted by atomic mass is 9.78. The van der Waals surface area contributed by atoms with Gasteiger partial charge in [-0.25, -0.2) is 4.39 Å². The molecule has 0 bridgehead atoms. The molecule has 2 atom stereocenters. The maximum absolute atomic E-state index is 13.4. The maximum atomic E-state index is 13.4. The van der Waals surface area contributed by atoms with Gasteiger partial charge in [-0.1, -0.05) is 26.7 Å². The van der Waals surface area contributed by atoms with Crippen LogP contribution >= 0.6 is 0 Å². The zero-order chi connectivity index (χ0) is 13.8. The van der Waals surface area contributed by atoms with Crippen molar-refractivity contribution in [2.24, 2.45) is 11.8 Å². The van der Waals surface area contributed by atoms with E-state index in [1.165, 1.54) is 31.4 Å². The van der Waals surface area contributed by atoms with Crippen molar-refractivity contribution in [2.75, 3.05) is 5.32 Å². The summed E-state index contributed by atoms with van der Waals surface area (Å²) >= 11 is 0. The standard InChI is InChI=1S/C16H21FN2/c1-11(2)15-5-3-4-6-16(15)19-14-8-12(10-18)7-13(17)9-14/h7-9,11,15-16,19H,3-6H2,1-2H3. The fourth-order valence-corrected chi connectivity index (χ4v) is 3.09. The summed E-state index contributed by atoms with van der Waals surface area (Å²) in [6, 6.07) is 6.87. The third kappa shape index (κ3) is 3.47. The lowest BCUT2D eigenvalue weighted by molar-refractivity contribution is 0.254. The molecule has 0 saturated heterocycles. The van der Waals surface area contributed by atoms with Crippen molar-refractivity contribution in [3.05, 3.63) is 29.6 Å². The molecule has 102 valence electrons. The molecule has 1 aromatic rings. The summed E-state index contributed by atoms with van der Waals surface area (Å²) in [5.41, 5.74) is 1.11. The second-order valence-electron chi connectivity index (χ2n) is 5.78. The summed E-state index contributed by atoms with van der Waals surface area (Å²) in [6.07, 6.45) is 4.87. The lowest BCUT2D eigenvalue weighted by Crippen LogP contribution is -2.35. The van der Waals surface area contributed by atoms with Crippen LogP contribution in [-0.2, 0) is 0 Å². The third-order valence-corrected chi connectivity index (χ3v) is 4.05. The first kappa shape index (κ1) is 13.9. The average Bonchev–Trinajstić information content (AvgIpc) is 2.38. The Balaban J connectivity index is 2.15. The topological polar surface area (TPSA) is 35.8 Å². The lowest BCUT2D eigenvalue weighted by Gasteiger charge is -2.35. The molecule has 2 rings (SSSR count). The molecule has 2 unspecified atom stereocenters. The molecule has 0 heterocycles. The van der Waals surface area contributed by atoms with Crippen LogP contribution in [0.15, 0.2) is 18.2 Å². The number of halogens is 1. The monoisotopic (exact) mass is 260 g/mol. The van der Waals surface area contributed by atoms with Crippen LogP contribution in [0.1, 0.15) is 45.1 Å². The number of rotatable bonds is 3. The Kier molecular flexibility index (Phi) is 4.42. The predicted octanol–water partition coefficient (Wildman–Crippen LogP) is 4.32. The van der Waals surface area contributed by atoms with Gasteiger partial charge in [-0.2, -0.15) is 5.26 Å². The van der Waals surface area contributed by atoms with Crippen LogP contribution in [-0.4, -0.2) is 6.04 Å². The first-order valence-electron chi connectivity index (χ1n) is 7.07. The quantitative estimate of drug-likeness (QED) is 0.878. The molecule has 1 aromatic carbocycles. The van der Waals surface area contributed by atoms with Crippen molar-refractivity contribution in [2.45, 2.75) is 45.6 Å². The Morgan fingerprint density at radius 1 is 1.26 bits per heavy atom. The van der Waals surface area contributed by atoms with Crippen molar-refractivity contribution in [1.82, 2.24) is 0 Å². The molecular formula is C16H21FN2. The number of anilines is 1. The van der Waals surface area contributed by atoms with Gasteiger partial charge in [-0.05, 0) is 42.9 Å². The summed E-state index contributed by atoms with van der Waals surface area (Å²) in [4.78, 5) is 0. The van der Waals surface area contributed by atoms with Gasteiger partial charge in [-0.3, -0.25) is 0 Å². The highest BCUT2D eigenvalue weighted by Gasteiger charge is 2.27. The van der Waals surface area contributed by atoms with Gasteiger partial charge in [0.05, 0.1) is 11.6 Å². The molecule has 1 aliphatic carbocycles. The van der Waals surface area contributed by atoms with E-state index in [0.29, 0.717) is 23.4 Å². The van der Waals surface area contributed by atoms with Gasteiger partial charge in [0.25, 0.3) is 0 Å². The third-order valence-electron chi connectivity index (χ3n) is 4.05. The van der Waals surface area contributed by atoms with E-state index in [-0.39, 0.29) is 5.82 Å². The molecule has 3 heteroatoms. The highest BCUT2D eigenvalue weighted by molar-refractivity contribution is 5.50. The highest BCUT2D eigenvalue weighted by atomic mass is 19.1. The Morgan fingerprint density at radius 3 is 2.68 bits per heavy atom. The SMILES string of the molecule is CC(C)C1CCCCC1Nc1cc(F)cc(C#N)c1. The smallest absolute Gasteiger partial charge is 0.126 e. The van der Waals surface area contributed by atoms with Crippen molar-refractivity contribution in [3.63, 3.8) is 0 Å². The van der Waals surface area contributed by atoms with E-state index < -0.39 is 0 Å². The van der Waals surface area contributed by atoms with Crippen LogP contribution in [0.5, 0.6) is 0 Å². The predicted molar refractivity (Wildman–Crippen MR) is 75.3 cm³/mol. The first-order chi connectivity index (χ1) is 9.10. The molecule has 1 N–H and O–H groups in total. The van der Waals surface area contributed by atoms with Gasteiger partial charge in [-0.15, -0.1) is 0 Å². The number of nitriles is 1. The van der Waals surface area contributed by atoms with Crippen molar-refractivity contribution < 1.29 is 4.39 Å². The molecule has 0 aromatic heterocycles. The summed E-state index contributed by atoms with van der Waals surface area (Å²) in [6.45, 7) is 4.49. The molecule has 1 saturated carbocycles. The second kappa shape index (κ2) is 6.06. The fourth-order valence-electron chi connectivity index (χ4n) is 3.09. The highest BCUT2D eigenvalue weighted by Crippen LogP contribution is 2.32. The molecule has 1 aliphatic rings. The Bertz CT molecular complexity index is 476. The zero-order valence-electron chi connectivity index (χ0n) is 11.6. The Labute approximate surface area is 114 Å². The van der Waals surface area contributed by atoms with Gasteiger partial charge in [0.15, 0.2) is 0 Å². The molecule has 0 spiro atoms. The maximum Gasteiger partial charge on any atom is 0.126 e. The van der Waals surface area contributed by atoms with Gasteiger partial charge < -0.3 is 5.32 Å². The number of hydrogen-bond donors (Lipinski definition) is 1. The van der Waals surface area contributed by atoms with Gasteiger partial charge >= 0.3 is 0 Å². The van der Waals surface area contributed by atoms with E-state index in [2.05, 4.69) is 19.2 Å². The van der Waals surface area contributed by atoms with Crippen LogP contribution in [0.3, 0.4) is 0 Å². The van der Waals surface area contributed by atoms with Crippen LogP contribution in [0.2, 0.25) is 0 Å². The average molecular weight is 260 g/mol. The van der Waals surface area contributed by atoms with Crippen molar-refractivity contribution in [3.8, 4) is 6.07 Å². The van der Waals surface area contributed by atoms with Crippen LogP contribution < -0.4 is 5.32 Å². The molecule has 1 fully saturated rings. The molecule has 19 heavy (non-hydrogen) atoms. The largest absolute Gasteiger partial charge is 0.382 e. The number of nitrogens with zero attached hydrogens (tertiary/aromatic N) is 1. The Hall–Kier alpha value is -1.56. The minimum absolute atomic E-state index is 0.349. The van der Waals surface area contributed by atoms with Gasteiger partial charge in [0.1, 0.15) is 5.82 Å². The minimum atomic E-state index is -0.349. The van der Waals surface area contributed by atoms with E-state index in [1.807, 2.05) is 6.07 Å². The van der Waals surface area contributed by atoms with E-state index in [4.69, 9.17) is 5.26 Å². The van der Waals surface area contributed by atoms with E-state index in [0.717, 1.165) is 12.1 Å². The fraction of sp³-hybridized carbons (Fsp3) is 0.562. The van der Waals surface area contributed by atoms with Crippen LogP contribution in [0, 0.1) is 29.0 Å². The number of hydrogen-bond acceptors (Lipinski definition) is 2. The zero-order valence-corrected chi connectivity index (χ0v) is 11.6. The van der Waals surface area contributed by atoms with E-state index in [1.54, 1.807) is 6.07 Å². The van der Waals surface area contributed by atoms with E-state index >= 15 is 0 Å². The number of benzene rings is 1. The molecule has 2 nitrogen and oxygen atoms in total. The molecule has 0 aliphatic heterocycles. The van der Waals surface area contributed by atoms with Crippen molar-refractivity contribution >= 4 is 5.69 Å². The summed E-state index contributed by atoms with van der Waals surface area (Å²) in [5.74, 6) is 0.905. The van der Waals surface area contributed by atoms with E-state index in [9.17, 15) is 4.39 Å². The van der Waals surface area contributed by atoms with Gasteiger partial charge in [0.2, 0.25) is 0 Å². The Morgan fingerprint density at radius 2 is 2.00 bits per heavy atom. The van der Waals surface area contributed by atoms with Crippen LogP contribution in [0.4, 0.5) is 10.1 Å². The molecule has 0 amide bonds. The minimum Gasteiger partial charge on any atom is -0.382 e.